The molecule has 1 aliphatic carbocycles. The molecule has 5 heteroatoms. The lowest BCUT2D eigenvalue weighted by atomic mass is 9.82. The van der Waals surface area contributed by atoms with Crippen LogP contribution in [0.5, 0.6) is 0 Å². The fourth-order valence-corrected chi connectivity index (χ4v) is 2.58. The first-order valence-corrected chi connectivity index (χ1v) is 5.70. The van der Waals surface area contributed by atoms with E-state index in [1.54, 1.807) is 11.6 Å². The van der Waals surface area contributed by atoms with E-state index in [1.807, 2.05) is 6.92 Å². The number of hydrogen-bond acceptors (Lipinski definition) is 3. The number of aliphatic carboxylic acids is 1. The number of carboxylic acid groups (broad SMARTS) is 1. The SMILES string of the molecule is Cc1nc(C)n(C2(C(=O)O)CCCCC2)n1. The number of nitrogens with zero attached hydrogens (tertiary/aromatic N) is 3. The maximum Gasteiger partial charge on any atom is 0.331 e. The Kier molecular flexibility index (Phi) is 2.69. The smallest absolute Gasteiger partial charge is 0.331 e. The maximum absolute atomic E-state index is 11.5. The monoisotopic (exact) mass is 223 g/mol. The molecule has 0 amide bonds. The van der Waals surface area contributed by atoms with Crippen LogP contribution in [0.25, 0.3) is 0 Å². The van der Waals surface area contributed by atoms with Crippen molar-refractivity contribution in [3.8, 4) is 0 Å². The standard InChI is InChI=1S/C11H17N3O2/c1-8-12-9(2)14(13-8)11(10(15)16)6-4-3-5-7-11/h3-7H2,1-2H3,(H,15,16). The Morgan fingerprint density at radius 3 is 2.38 bits per heavy atom. The third kappa shape index (κ3) is 1.60. The van der Waals surface area contributed by atoms with Crippen molar-refractivity contribution in [3.63, 3.8) is 0 Å². The zero-order valence-corrected chi connectivity index (χ0v) is 9.73. The molecule has 0 aromatic carbocycles. The minimum Gasteiger partial charge on any atom is -0.479 e. The van der Waals surface area contributed by atoms with Crippen molar-refractivity contribution in [1.29, 1.82) is 0 Å². The third-order valence-corrected chi connectivity index (χ3v) is 3.36. The van der Waals surface area contributed by atoms with Gasteiger partial charge in [-0.25, -0.2) is 14.5 Å². The zero-order valence-electron chi connectivity index (χ0n) is 9.73. The van der Waals surface area contributed by atoms with Gasteiger partial charge in [-0.3, -0.25) is 0 Å². The van der Waals surface area contributed by atoms with Crippen molar-refractivity contribution < 1.29 is 9.90 Å². The topological polar surface area (TPSA) is 68.0 Å². The average Bonchev–Trinajstić information content (AvgIpc) is 2.59. The summed E-state index contributed by atoms with van der Waals surface area (Å²) in [5, 5.41) is 13.7. The molecule has 1 aromatic rings. The molecule has 1 heterocycles. The van der Waals surface area contributed by atoms with Crippen LogP contribution in [0.4, 0.5) is 0 Å². The molecule has 0 bridgehead atoms. The fourth-order valence-electron chi connectivity index (χ4n) is 2.58. The molecule has 5 nitrogen and oxygen atoms in total. The van der Waals surface area contributed by atoms with Gasteiger partial charge in [0, 0.05) is 0 Å². The molecule has 0 spiro atoms. The van der Waals surface area contributed by atoms with Gasteiger partial charge in [-0.05, 0) is 26.7 Å². The quantitative estimate of drug-likeness (QED) is 0.827. The molecule has 2 rings (SSSR count). The Labute approximate surface area is 94.5 Å². The van der Waals surface area contributed by atoms with E-state index in [0.29, 0.717) is 24.5 Å². The van der Waals surface area contributed by atoms with E-state index in [2.05, 4.69) is 10.1 Å². The summed E-state index contributed by atoms with van der Waals surface area (Å²) >= 11 is 0. The van der Waals surface area contributed by atoms with Gasteiger partial charge >= 0.3 is 5.97 Å². The van der Waals surface area contributed by atoms with Gasteiger partial charge in [0.25, 0.3) is 0 Å². The molecule has 1 aliphatic rings. The summed E-state index contributed by atoms with van der Waals surface area (Å²) in [5.41, 5.74) is -0.858. The third-order valence-electron chi connectivity index (χ3n) is 3.36. The molecule has 0 aliphatic heterocycles. The first-order valence-electron chi connectivity index (χ1n) is 5.70. The van der Waals surface area contributed by atoms with Crippen molar-refractivity contribution >= 4 is 5.97 Å². The summed E-state index contributed by atoms with van der Waals surface area (Å²) in [6.45, 7) is 3.61. The minimum absolute atomic E-state index is 0.642. The Bertz CT molecular complexity index is 405. The lowest BCUT2D eigenvalue weighted by molar-refractivity contribution is -0.150. The Hall–Kier alpha value is -1.39. The number of aryl methyl sites for hydroxylation is 2. The van der Waals surface area contributed by atoms with Crippen LogP contribution in [-0.4, -0.2) is 25.8 Å². The molecule has 1 aromatic heterocycles. The van der Waals surface area contributed by atoms with E-state index in [4.69, 9.17) is 0 Å². The summed E-state index contributed by atoms with van der Waals surface area (Å²) < 4.78 is 1.61. The highest BCUT2D eigenvalue weighted by Gasteiger charge is 2.43. The van der Waals surface area contributed by atoms with Gasteiger partial charge in [0.2, 0.25) is 0 Å². The molecule has 0 unspecified atom stereocenters. The largest absolute Gasteiger partial charge is 0.479 e. The normalized spacial score (nSPS) is 19.6. The summed E-state index contributed by atoms with van der Waals surface area (Å²) in [4.78, 5) is 15.8. The van der Waals surface area contributed by atoms with E-state index in [-0.39, 0.29) is 0 Å². The van der Waals surface area contributed by atoms with Crippen LogP contribution in [0.1, 0.15) is 43.8 Å². The van der Waals surface area contributed by atoms with E-state index in [1.165, 1.54) is 0 Å². The van der Waals surface area contributed by atoms with Crippen LogP contribution in [0.3, 0.4) is 0 Å². The fraction of sp³-hybridized carbons (Fsp3) is 0.727. The minimum atomic E-state index is -0.858. The molecule has 0 atom stereocenters. The lowest BCUT2D eigenvalue weighted by Crippen LogP contribution is -2.45. The second kappa shape index (κ2) is 3.88. The van der Waals surface area contributed by atoms with Crippen LogP contribution in [-0.2, 0) is 10.3 Å². The number of carbonyl (C=O) groups is 1. The predicted molar refractivity (Wildman–Crippen MR) is 58.2 cm³/mol. The van der Waals surface area contributed by atoms with E-state index in [0.717, 1.165) is 19.3 Å². The van der Waals surface area contributed by atoms with Gasteiger partial charge in [0.05, 0.1) is 0 Å². The van der Waals surface area contributed by atoms with Crippen LogP contribution in [0.2, 0.25) is 0 Å². The van der Waals surface area contributed by atoms with E-state index in [9.17, 15) is 9.90 Å². The van der Waals surface area contributed by atoms with Gasteiger partial charge in [0.1, 0.15) is 11.6 Å². The molecule has 1 saturated carbocycles. The van der Waals surface area contributed by atoms with Crippen molar-refractivity contribution in [1.82, 2.24) is 14.8 Å². The molecular formula is C11H17N3O2. The van der Waals surface area contributed by atoms with Crippen LogP contribution >= 0.6 is 0 Å². The number of aromatic nitrogens is 3. The summed E-state index contributed by atoms with van der Waals surface area (Å²) in [6.07, 6.45) is 4.33. The van der Waals surface area contributed by atoms with Gasteiger partial charge in [-0.15, -0.1) is 0 Å². The lowest BCUT2D eigenvalue weighted by Gasteiger charge is -2.33. The second-order valence-electron chi connectivity index (χ2n) is 4.52. The summed E-state index contributed by atoms with van der Waals surface area (Å²) in [6, 6.07) is 0. The van der Waals surface area contributed by atoms with E-state index < -0.39 is 11.5 Å². The molecule has 0 saturated heterocycles. The zero-order chi connectivity index (χ0) is 11.8. The van der Waals surface area contributed by atoms with Crippen molar-refractivity contribution in [3.05, 3.63) is 11.6 Å². The van der Waals surface area contributed by atoms with Crippen LogP contribution < -0.4 is 0 Å². The summed E-state index contributed by atoms with van der Waals surface area (Å²) in [5.74, 6) is 0.561. The van der Waals surface area contributed by atoms with Crippen molar-refractivity contribution in [2.75, 3.05) is 0 Å². The average molecular weight is 223 g/mol. The first-order chi connectivity index (χ1) is 7.56. The van der Waals surface area contributed by atoms with E-state index >= 15 is 0 Å². The Balaban J connectivity index is 2.46. The Morgan fingerprint density at radius 1 is 1.31 bits per heavy atom. The predicted octanol–water partition coefficient (Wildman–Crippen LogP) is 1.64. The molecule has 88 valence electrons. The maximum atomic E-state index is 11.5. The highest BCUT2D eigenvalue weighted by molar-refractivity contribution is 5.76. The van der Waals surface area contributed by atoms with Gasteiger partial charge in [-0.2, -0.15) is 5.10 Å². The summed E-state index contributed by atoms with van der Waals surface area (Å²) in [7, 11) is 0. The molecule has 16 heavy (non-hydrogen) atoms. The second-order valence-corrected chi connectivity index (χ2v) is 4.52. The van der Waals surface area contributed by atoms with Gasteiger partial charge in [-0.1, -0.05) is 19.3 Å². The molecular weight excluding hydrogens is 206 g/mol. The number of rotatable bonds is 2. The molecule has 0 radical (unpaired) electrons. The van der Waals surface area contributed by atoms with Crippen molar-refractivity contribution in [2.24, 2.45) is 0 Å². The highest BCUT2D eigenvalue weighted by Crippen LogP contribution is 2.35. The highest BCUT2D eigenvalue weighted by atomic mass is 16.4. The first kappa shape index (κ1) is 11.1. The van der Waals surface area contributed by atoms with Crippen LogP contribution in [0.15, 0.2) is 0 Å². The van der Waals surface area contributed by atoms with Gasteiger partial charge in [0.15, 0.2) is 5.54 Å². The molecule has 1 fully saturated rings. The van der Waals surface area contributed by atoms with Gasteiger partial charge < -0.3 is 5.11 Å². The van der Waals surface area contributed by atoms with Crippen LogP contribution in [0, 0.1) is 13.8 Å². The number of hydrogen-bond donors (Lipinski definition) is 1. The van der Waals surface area contributed by atoms with Crippen molar-refractivity contribution in [2.45, 2.75) is 51.5 Å². The number of carboxylic acids is 1. The Morgan fingerprint density at radius 2 is 1.94 bits per heavy atom. The molecule has 1 N–H and O–H groups in total.